The molecule has 1 aromatic rings. The van der Waals surface area contributed by atoms with Crippen molar-refractivity contribution in [2.24, 2.45) is 0 Å². The number of carbonyl (C=O) groups excluding carboxylic acids is 1. The first kappa shape index (κ1) is 13.8. The molecule has 1 aliphatic heterocycles. The van der Waals surface area contributed by atoms with Gasteiger partial charge in [-0.05, 0) is 46.6 Å². The van der Waals surface area contributed by atoms with Crippen molar-refractivity contribution in [1.82, 2.24) is 9.88 Å². The Bertz CT molecular complexity index is 482. The number of aromatic nitrogens is 1. The number of pyridine rings is 1. The van der Waals surface area contributed by atoms with Crippen LogP contribution in [0.1, 0.15) is 49.7 Å². The van der Waals surface area contributed by atoms with Crippen molar-refractivity contribution in [1.29, 1.82) is 0 Å². The Kier molecular flexibility index (Phi) is 3.78. The van der Waals surface area contributed by atoms with Gasteiger partial charge in [-0.25, -0.2) is 0 Å². The molecule has 1 aromatic heterocycles. The number of carbonyl (C=O) groups is 1. The SMILES string of the molecule is CCNc1cc(C)ncc1C(=O)N1CCCC1(C)C. The number of hydrogen-bond acceptors (Lipinski definition) is 3. The minimum absolute atomic E-state index is 0.0501. The molecule has 4 nitrogen and oxygen atoms in total. The van der Waals surface area contributed by atoms with Gasteiger partial charge in [0.1, 0.15) is 0 Å². The van der Waals surface area contributed by atoms with Crippen LogP contribution in [0.5, 0.6) is 0 Å². The fraction of sp³-hybridized carbons (Fsp3) is 0.600. The summed E-state index contributed by atoms with van der Waals surface area (Å²) in [6.07, 6.45) is 3.84. The molecule has 0 aromatic carbocycles. The number of likely N-dealkylation sites (tertiary alicyclic amines) is 1. The van der Waals surface area contributed by atoms with E-state index in [0.29, 0.717) is 5.56 Å². The highest BCUT2D eigenvalue weighted by Gasteiger charge is 2.36. The number of rotatable bonds is 3. The molecule has 1 aliphatic rings. The first-order chi connectivity index (χ1) is 8.95. The minimum atomic E-state index is -0.0501. The molecule has 1 fully saturated rings. The molecule has 19 heavy (non-hydrogen) atoms. The maximum absolute atomic E-state index is 12.7. The lowest BCUT2D eigenvalue weighted by Gasteiger charge is -2.32. The summed E-state index contributed by atoms with van der Waals surface area (Å²) in [6.45, 7) is 9.87. The summed E-state index contributed by atoms with van der Waals surface area (Å²) in [4.78, 5) is 19.0. The predicted molar refractivity (Wildman–Crippen MR) is 77.5 cm³/mol. The van der Waals surface area contributed by atoms with Gasteiger partial charge < -0.3 is 10.2 Å². The number of anilines is 1. The average molecular weight is 261 g/mol. The summed E-state index contributed by atoms with van der Waals surface area (Å²) in [5.41, 5.74) is 2.45. The molecule has 0 bridgehead atoms. The Morgan fingerprint density at radius 1 is 1.53 bits per heavy atom. The highest BCUT2D eigenvalue weighted by Crippen LogP contribution is 2.31. The third-order valence-corrected chi connectivity index (χ3v) is 3.78. The molecule has 4 heteroatoms. The quantitative estimate of drug-likeness (QED) is 0.910. The van der Waals surface area contributed by atoms with E-state index in [1.54, 1.807) is 6.20 Å². The van der Waals surface area contributed by atoms with Gasteiger partial charge in [0.05, 0.1) is 11.3 Å². The van der Waals surface area contributed by atoms with Crippen LogP contribution in [0.25, 0.3) is 0 Å². The normalized spacial score (nSPS) is 17.6. The molecule has 0 radical (unpaired) electrons. The third kappa shape index (κ3) is 2.72. The van der Waals surface area contributed by atoms with Crippen LogP contribution in [0.15, 0.2) is 12.3 Å². The zero-order valence-corrected chi connectivity index (χ0v) is 12.3. The summed E-state index contributed by atoms with van der Waals surface area (Å²) >= 11 is 0. The summed E-state index contributed by atoms with van der Waals surface area (Å²) in [5, 5.41) is 3.26. The number of amides is 1. The van der Waals surface area contributed by atoms with Crippen LogP contribution in [0, 0.1) is 6.92 Å². The summed E-state index contributed by atoms with van der Waals surface area (Å²) in [6, 6.07) is 1.94. The van der Waals surface area contributed by atoms with E-state index in [1.165, 1.54) is 0 Å². The molecule has 0 saturated carbocycles. The smallest absolute Gasteiger partial charge is 0.257 e. The predicted octanol–water partition coefficient (Wildman–Crippen LogP) is 2.84. The number of nitrogens with one attached hydrogen (secondary N) is 1. The van der Waals surface area contributed by atoms with Gasteiger partial charge in [0.25, 0.3) is 5.91 Å². The Balaban J connectivity index is 2.33. The molecule has 0 unspecified atom stereocenters. The molecule has 1 N–H and O–H groups in total. The van der Waals surface area contributed by atoms with Crippen LogP contribution in [0.2, 0.25) is 0 Å². The van der Waals surface area contributed by atoms with E-state index < -0.39 is 0 Å². The first-order valence-corrected chi connectivity index (χ1v) is 6.98. The first-order valence-electron chi connectivity index (χ1n) is 6.98. The summed E-state index contributed by atoms with van der Waals surface area (Å²) in [5.74, 6) is 0.0888. The van der Waals surface area contributed by atoms with Gasteiger partial charge in [-0.15, -0.1) is 0 Å². The highest BCUT2D eigenvalue weighted by atomic mass is 16.2. The lowest BCUT2D eigenvalue weighted by Crippen LogP contribution is -2.42. The second kappa shape index (κ2) is 5.19. The molecule has 0 atom stereocenters. The average Bonchev–Trinajstić information content (AvgIpc) is 2.69. The molecule has 1 amide bonds. The zero-order valence-electron chi connectivity index (χ0n) is 12.3. The maximum Gasteiger partial charge on any atom is 0.257 e. The number of nitrogens with zero attached hydrogens (tertiary/aromatic N) is 2. The van der Waals surface area contributed by atoms with Crippen LogP contribution in [-0.2, 0) is 0 Å². The summed E-state index contributed by atoms with van der Waals surface area (Å²) < 4.78 is 0. The lowest BCUT2D eigenvalue weighted by molar-refractivity contribution is 0.0652. The van der Waals surface area contributed by atoms with Gasteiger partial charge in [-0.1, -0.05) is 0 Å². The van der Waals surface area contributed by atoms with Crippen LogP contribution in [0.3, 0.4) is 0 Å². The molecule has 104 valence electrons. The topological polar surface area (TPSA) is 45.2 Å². The summed E-state index contributed by atoms with van der Waals surface area (Å²) in [7, 11) is 0. The largest absolute Gasteiger partial charge is 0.385 e. The van der Waals surface area contributed by atoms with Gasteiger partial charge in [0.15, 0.2) is 0 Å². The minimum Gasteiger partial charge on any atom is -0.385 e. The number of aryl methyl sites for hydroxylation is 1. The molecular weight excluding hydrogens is 238 g/mol. The van der Waals surface area contributed by atoms with Gasteiger partial charge in [0.2, 0.25) is 0 Å². The Morgan fingerprint density at radius 2 is 2.26 bits per heavy atom. The van der Waals surface area contributed by atoms with E-state index in [4.69, 9.17) is 0 Å². The van der Waals surface area contributed by atoms with Gasteiger partial charge in [0, 0.05) is 30.5 Å². The Hall–Kier alpha value is -1.58. The van der Waals surface area contributed by atoms with E-state index >= 15 is 0 Å². The molecule has 0 aliphatic carbocycles. The monoisotopic (exact) mass is 261 g/mol. The van der Waals surface area contributed by atoms with Crippen LogP contribution in [0.4, 0.5) is 5.69 Å². The fourth-order valence-electron chi connectivity index (χ4n) is 2.70. The van der Waals surface area contributed by atoms with Crippen LogP contribution >= 0.6 is 0 Å². The lowest BCUT2D eigenvalue weighted by atomic mass is 10.0. The van der Waals surface area contributed by atoms with Crippen molar-refractivity contribution in [2.45, 2.75) is 46.1 Å². The maximum atomic E-state index is 12.7. The van der Waals surface area contributed by atoms with Gasteiger partial charge in [-0.2, -0.15) is 0 Å². The van der Waals surface area contributed by atoms with Crippen molar-refractivity contribution < 1.29 is 4.79 Å². The second-order valence-electron chi connectivity index (χ2n) is 5.77. The fourth-order valence-corrected chi connectivity index (χ4v) is 2.70. The molecule has 1 saturated heterocycles. The standard InChI is InChI=1S/C15H23N3O/c1-5-16-13-9-11(2)17-10-12(13)14(19)18-8-6-7-15(18,3)4/h9-10H,5-8H2,1-4H3,(H,16,17). The molecule has 2 heterocycles. The zero-order chi connectivity index (χ0) is 14.0. The van der Waals surface area contributed by atoms with E-state index in [9.17, 15) is 4.79 Å². The second-order valence-corrected chi connectivity index (χ2v) is 5.77. The van der Waals surface area contributed by atoms with Crippen molar-refractivity contribution >= 4 is 11.6 Å². The van der Waals surface area contributed by atoms with Crippen LogP contribution < -0.4 is 5.32 Å². The van der Waals surface area contributed by atoms with Crippen molar-refractivity contribution in [3.05, 3.63) is 23.5 Å². The van der Waals surface area contributed by atoms with E-state index in [0.717, 1.165) is 37.3 Å². The van der Waals surface area contributed by atoms with Gasteiger partial charge >= 0.3 is 0 Å². The molecular formula is C15H23N3O. The molecule has 2 rings (SSSR count). The Labute approximate surface area is 115 Å². The third-order valence-electron chi connectivity index (χ3n) is 3.78. The van der Waals surface area contributed by atoms with E-state index in [1.807, 2.05) is 24.8 Å². The van der Waals surface area contributed by atoms with Gasteiger partial charge in [-0.3, -0.25) is 9.78 Å². The Morgan fingerprint density at radius 3 is 2.84 bits per heavy atom. The van der Waals surface area contributed by atoms with Crippen molar-refractivity contribution in [3.63, 3.8) is 0 Å². The van der Waals surface area contributed by atoms with Crippen molar-refractivity contribution in [3.8, 4) is 0 Å². The van der Waals surface area contributed by atoms with E-state index in [2.05, 4.69) is 24.1 Å². The molecule has 0 spiro atoms. The highest BCUT2D eigenvalue weighted by molar-refractivity contribution is 5.99. The van der Waals surface area contributed by atoms with Crippen molar-refractivity contribution in [2.75, 3.05) is 18.4 Å². The number of hydrogen-bond donors (Lipinski definition) is 1. The van der Waals surface area contributed by atoms with Crippen LogP contribution in [-0.4, -0.2) is 34.4 Å². The van der Waals surface area contributed by atoms with E-state index in [-0.39, 0.29) is 11.4 Å².